The molecule has 0 saturated carbocycles. The molecule has 0 radical (unpaired) electrons. The van der Waals surface area contributed by atoms with Gasteiger partial charge in [-0.3, -0.25) is 0 Å². The van der Waals surface area contributed by atoms with Crippen LogP contribution in [0.5, 0.6) is 0 Å². The van der Waals surface area contributed by atoms with E-state index in [-0.39, 0.29) is 0 Å². The average molecular weight is 447 g/mol. The molecule has 0 aliphatic heterocycles. The summed E-state index contributed by atoms with van der Waals surface area (Å²) in [6.45, 7) is 0.716. The Morgan fingerprint density at radius 2 is 0.958 bits per heavy atom. The summed E-state index contributed by atoms with van der Waals surface area (Å²) in [6.07, 6.45) is 2.10. The van der Waals surface area contributed by atoms with Gasteiger partial charge in [0.25, 0.3) is 0 Å². The molecule has 0 aliphatic carbocycles. The molecule has 0 fully saturated rings. The first-order valence-electron chi connectivity index (χ1n) is 8.30. The molecule has 24 heavy (non-hydrogen) atoms. The van der Waals surface area contributed by atoms with Crippen molar-refractivity contribution in [3.63, 3.8) is 0 Å². The van der Waals surface area contributed by atoms with E-state index in [0.29, 0.717) is 6.54 Å². The van der Waals surface area contributed by atoms with Crippen LogP contribution in [0.15, 0.2) is 91.0 Å². The molecule has 0 unspecified atom stereocenters. The van der Waals surface area contributed by atoms with Crippen LogP contribution in [0.3, 0.4) is 0 Å². The van der Waals surface area contributed by atoms with E-state index in [1.807, 2.05) is 0 Å². The predicted octanol–water partition coefficient (Wildman–Crippen LogP) is 4.22. The second-order valence-corrected chi connectivity index (χ2v) is 16.8. The molecule has 3 aromatic carbocycles. The number of halogens is 1. The number of hydrogen-bond donors (Lipinski definition) is 1. The summed E-state index contributed by atoms with van der Waals surface area (Å²) >= 11 is 2.80. The minimum absolute atomic E-state index is 0.716. The Morgan fingerprint density at radius 1 is 0.625 bits per heavy atom. The van der Waals surface area contributed by atoms with E-state index in [2.05, 4.69) is 113 Å². The number of hydrogen-bond acceptors (Lipinski definition) is 1. The van der Waals surface area contributed by atoms with Gasteiger partial charge in [-0.2, -0.15) is 0 Å². The molecule has 0 saturated heterocycles. The van der Waals surface area contributed by atoms with Gasteiger partial charge in [0.2, 0.25) is 0 Å². The topological polar surface area (TPSA) is 26.0 Å². The SMILES string of the molecule is NCCCP(I)(c1ccccc1)(c1ccccc1)c1ccccc1. The second-order valence-electron chi connectivity index (χ2n) is 6.06. The molecule has 0 aliphatic rings. The van der Waals surface area contributed by atoms with E-state index >= 15 is 0 Å². The van der Waals surface area contributed by atoms with Crippen LogP contribution >= 0.6 is 26.3 Å². The normalized spacial score (nSPS) is 13.2. The quantitative estimate of drug-likeness (QED) is 0.445. The van der Waals surface area contributed by atoms with Gasteiger partial charge in [0.1, 0.15) is 0 Å². The van der Waals surface area contributed by atoms with Gasteiger partial charge in [-0.05, 0) is 0 Å². The predicted molar refractivity (Wildman–Crippen MR) is 118 cm³/mol. The van der Waals surface area contributed by atoms with Crippen molar-refractivity contribution in [2.75, 3.05) is 12.7 Å². The van der Waals surface area contributed by atoms with Gasteiger partial charge in [-0.15, -0.1) is 0 Å². The van der Waals surface area contributed by atoms with Crippen molar-refractivity contribution in [1.29, 1.82) is 0 Å². The van der Waals surface area contributed by atoms with Crippen molar-refractivity contribution in [3.8, 4) is 0 Å². The third-order valence-corrected chi connectivity index (χ3v) is 16.4. The van der Waals surface area contributed by atoms with Crippen LogP contribution in [0.1, 0.15) is 6.42 Å². The van der Waals surface area contributed by atoms with E-state index in [0.717, 1.165) is 12.6 Å². The second kappa shape index (κ2) is 7.35. The Labute approximate surface area is 157 Å². The maximum absolute atomic E-state index is 5.95. The van der Waals surface area contributed by atoms with Crippen LogP contribution < -0.4 is 21.6 Å². The summed E-state index contributed by atoms with van der Waals surface area (Å²) in [4.78, 5) is 0. The summed E-state index contributed by atoms with van der Waals surface area (Å²) in [5.41, 5.74) is 5.95. The molecular weight excluding hydrogens is 424 g/mol. The molecule has 2 N–H and O–H groups in total. The van der Waals surface area contributed by atoms with Crippen LogP contribution in [-0.2, 0) is 0 Å². The molecule has 0 aromatic heterocycles. The van der Waals surface area contributed by atoms with Crippen LogP contribution in [0, 0.1) is 0 Å². The molecule has 0 spiro atoms. The zero-order valence-corrected chi connectivity index (χ0v) is 16.7. The Bertz CT molecular complexity index is 675. The summed E-state index contributed by atoms with van der Waals surface area (Å²) < 4.78 is -2.56. The van der Waals surface area contributed by atoms with Crippen LogP contribution in [0.4, 0.5) is 0 Å². The molecule has 1 nitrogen and oxygen atoms in total. The standard InChI is InChI=1S/C21H23INP/c22-24(18-10-17-23,19-11-4-1-5-12-19,20-13-6-2-7-14-20)21-15-8-3-9-16-21/h1-9,11-16H,10,17-18,23H2. The molecular formula is C21H23INP. The van der Waals surface area contributed by atoms with Crippen molar-refractivity contribution in [3.05, 3.63) is 91.0 Å². The van der Waals surface area contributed by atoms with Gasteiger partial charge in [0.15, 0.2) is 0 Å². The Morgan fingerprint density at radius 3 is 1.25 bits per heavy atom. The fraction of sp³-hybridized carbons (Fsp3) is 0.143. The summed E-state index contributed by atoms with van der Waals surface area (Å²) in [7, 11) is 0. The molecule has 0 bridgehead atoms. The van der Waals surface area contributed by atoms with E-state index in [4.69, 9.17) is 5.73 Å². The zero-order chi connectivity index (χ0) is 16.9. The van der Waals surface area contributed by atoms with Gasteiger partial charge in [0, 0.05) is 0 Å². The molecule has 3 rings (SSSR count). The van der Waals surface area contributed by atoms with Gasteiger partial charge in [0.05, 0.1) is 0 Å². The van der Waals surface area contributed by atoms with Gasteiger partial charge >= 0.3 is 158 Å². The Hall–Kier alpha value is -1.22. The fourth-order valence-electron chi connectivity index (χ4n) is 3.44. The van der Waals surface area contributed by atoms with Crippen LogP contribution in [-0.4, -0.2) is 12.7 Å². The molecule has 124 valence electrons. The molecule has 3 heteroatoms. The first-order chi connectivity index (χ1) is 11.7. The van der Waals surface area contributed by atoms with Crippen molar-refractivity contribution < 1.29 is 0 Å². The monoisotopic (exact) mass is 447 g/mol. The van der Waals surface area contributed by atoms with E-state index < -0.39 is 4.25 Å². The third kappa shape index (κ3) is 2.92. The van der Waals surface area contributed by atoms with Gasteiger partial charge < -0.3 is 0 Å². The molecule has 0 heterocycles. The van der Waals surface area contributed by atoms with Crippen LogP contribution in [0.2, 0.25) is 0 Å². The van der Waals surface area contributed by atoms with Crippen molar-refractivity contribution >= 4 is 42.2 Å². The number of nitrogens with two attached hydrogens (primary N) is 1. The fourth-order valence-corrected chi connectivity index (χ4v) is 12.2. The van der Waals surface area contributed by atoms with Gasteiger partial charge in [-0.25, -0.2) is 0 Å². The third-order valence-electron chi connectivity index (χ3n) is 4.67. The van der Waals surface area contributed by atoms with Crippen molar-refractivity contribution in [1.82, 2.24) is 0 Å². The van der Waals surface area contributed by atoms with Crippen LogP contribution in [0.25, 0.3) is 0 Å². The van der Waals surface area contributed by atoms with Gasteiger partial charge in [-0.1, -0.05) is 0 Å². The Kier molecular flexibility index (Phi) is 5.39. The zero-order valence-electron chi connectivity index (χ0n) is 13.7. The summed E-state index contributed by atoms with van der Waals surface area (Å²) in [6, 6.07) is 33.0. The average Bonchev–Trinajstić information content (AvgIpc) is 2.68. The van der Waals surface area contributed by atoms with E-state index in [1.165, 1.54) is 15.9 Å². The van der Waals surface area contributed by atoms with Crippen molar-refractivity contribution in [2.45, 2.75) is 6.42 Å². The molecule has 0 atom stereocenters. The van der Waals surface area contributed by atoms with Crippen molar-refractivity contribution in [2.24, 2.45) is 5.73 Å². The molecule has 3 aromatic rings. The summed E-state index contributed by atoms with van der Waals surface area (Å²) in [5.74, 6) is 0. The van der Waals surface area contributed by atoms with E-state index in [1.54, 1.807) is 0 Å². The maximum atomic E-state index is 5.95. The number of rotatable bonds is 6. The van der Waals surface area contributed by atoms with E-state index in [9.17, 15) is 0 Å². The Balaban J connectivity index is 2.37. The summed E-state index contributed by atoms with van der Waals surface area (Å²) in [5, 5.41) is 4.28. The first kappa shape index (κ1) is 17.6. The number of benzene rings is 3. The minimum atomic E-state index is -2.56. The molecule has 0 amide bonds. The first-order valence-corrected chi connectivity index (χ1v) is 13.5.